The Kier molecular flexibility index (Phi) is 8.67. The molecule has 11 rings (SSSR count). The molecule has 1 aromatic heterocycles. The van der Waals surface area contributed by atoms with Crippen LogP contribution in [-0.4, -0.2) is 6.71 Å². The van der Waals surface area contributed by atoms with Gasteiger partial charge in [0.1, 0.15) is 11.5 Å². The second-order valence-corrected chi connectivity index (χ2v) is 22.0. The summed E-state index contributed by atoms with van der Waals surface area (Å²) in [6.07, 6.45) is 0. The molecule has 7 aromatic carbocycles. The maximum Gasteiger partial charge on any atom is 0.269 e. The number of hydrogen-bond donors (Lipinski definition) is 0. The van der Waals surface area contributed by atoms with E-state index in [-0.39, 0.29) is 23.0 Å². The van der Waals surface area contributed by atoms with Crippen molar-refractivity contribution in [3.63, 3.8) is 0 Å². The van der Waals surface area contributed by atoms with Gasteiger partial charge in [-0.2, -0.15) is 0 Å². The van der Waals surface area contributed by atoms with Crippen molar-refractivity contribution in [2.75, 3.05) is 9.80 Å². The predicted molar refractivity (Wildman–Crippen MR) is 272 cm³/mol. The zero-order valence-corrected chi connectivity index (χ0v) is 39.3. The highest BCUT2D eigenvalue weighted by Gasteiger charge is 2.50. The summed E-state index contributed by atoms with van der Waals surface area (Å²) in [5, 5.41) is 1.21. The number of benzene rings is 7. The molecule has 0 saturated carbocycles. The first-order valence-corrected chi connectivity index (χ1v) is 23.4. The van der Waals surface area contributed by atoms with Crippen LogP contribution in [0.25, 0.3) is 21.2 Å². The number of anilines is 6. The molecule has 0 bridgehead atoms. The van der Waals surface area contributed by atoms with Crippen molar-refractivity contribution < 1.29 is 4.74 Å². The van der Waals surface area contributed by atoms with E-state index in [0.717, 1.165) is 28.6 Å². The molecule has 3 heterocycles. The minimum Gasteiger partial charge on any atom is -0.457 e. The minimum absolute atomic E-state index is 0.00705. The number of aryl methyl sites for hydroxylation is 3. The van der Waals surface area contributed by atoms with Crippen molar-refractivity contribution in [2.45, 2.75) is 92.4 Å². The molecule has 5 heteroatoms. The van der Waals surface area contributed by atoms with Crippen molar-refractivity contribution in [1.82, 2.24) is 0 Å². The average Bonchev–Trinajstić information content (AvgIpc) is 3.73. The molecule has 8 aromatic rings. The standard InChI is InChI=1S/C58H55BN2OS/c1-34-16-23-39(24-17-34)60(40-25-18-35(2)19-26-40)45-33-47-53(50-42-14-12-13-15-44(42)58(10,11)51(45)50)59-52-46(61(47)41-27-20-37(21-28-41)56(4,5)6)30-36(3)31-48(52)62-54-43-32-38(57(7,8)9)22-29-49(43)63-55(54)59/h12-33H,1-11H3. The van der Waals surface area contributed by atoms with Crippen molar-refractivity contribution in [3.05, 3.63) is 172 Å². The van der Waals surface area contributed by atoms with Crippen LogP contribution < -0.4 is 30.2 Å². The monoisotopic (exact) mass is 838 g/mol. The zero-order chi connectivity index (χ0) is 43.9. The molecule has 3 nitrogen and oxygen atoms in total. The highest BCUT2D eigenvalue weighted by molar-refractivity contribution is 7.33. The lowest BCUT2D eigenvalue weighted by Crippen LogP contribution is -2.59. The van der Waals surface area contributed by atoms with Gasteiger partial charge in [0.15, 0.2) is 0 Å². The molecular weight excluding hydrogens is 784 g/mol. The molecular formula is C58H55BN2OS. The summed E-state index contributed by atoms with van der Waals surface area (Å²) in [7, 11) is 0. The third-order valence-electron chi connectivity index (χ3n) is 14.0. The summed E-state index contributed by atoms with van der Waals surface area (Å²) in [5.74, 6) is 1.96. The van der Waals surface area contributed by atoms with Gasteiger partial charge in [-0.3, -0.25) is 0 Å². The first-order chi connectivity index (χ1) is 30.0. The molecule has 312 valence electrons. The largest absolute Gasteiger partial charge is 0.457 e. The first kappa shape index (κ1) is 39.8. The number of rotatable bonds is 4. The fourth-order valence-corrected chi connectivity index (χ4v) is 11.9. The van der Waals surface area contributed by atoms with Gasteiger partial charge >= 0.3 is 0 Å². The molecule has 0 saturated heterocycles. The van der Waals surface area contributed by atoms with Gasteiger partial charge < -0.3 is 14.5 Å². The number of fused-ring (bicyclic) bond motifs is 10. The van der Waals surface area contributed by atoms with E-state index >= 15 is 0 Å². The Morgan fingerprint density at radius 1 is 0.619 bits per heavy atom. The summed E-state index contributed by atoms with van der Waals surface area (Å²) in [6.45, 7) is 25.2. The van der Waals surface area contributed by atoms with Crippen molar-refractivity contribution in [1.29, 1.82) is 0 Å². The van der Waals surface area contributed by atoms with Gasteiger partial charge in [0, 0.05) is 48.7 Å². The second-order valence-electron chi connectivity index (χ2n) is 20.9. The van der Waals surface area contributed by atoms with Crippen molar-refractivity contribution in [3.8, 4) is 22.6 Å². The van der Waals surface area contributed by atoms with E-state index < -0.39 is 0 Å². The number of nitrogens with zero attached hydrogens (tertiary/aromatic N) is 2. The van der Waals surface area contributed by atoms with Crippen LogP contribution in [0.4, 0.5) is 34.1 Å². The Morgan fingerprint density at radius 3 is 1.86 bits per heavy atom. The SMILES string of the molecule is Cc1ccc(N(c2ccc(C)cc2)c2cc3c(c4c2C(C)(C)c2ccccc2-4)B2c4sc5ccc(C(C)(C)C)cc5c4Oc4cc(C)cc(c42)N3c2ccc(C(C)(C)C)cc2)cc1. The maximum absolute atomic E-state index is 7.29. The summed E-state index contributed by atoms with van der Waals surface area (Å²) >= 11 is 1.91. The summed E-state index contributed by atoms with van der Waals surface area (Å²) in [6, 6.07) is 50.9. The van der Waals surface area contributed by atoms with E-state index in [1.807, 2.05) is 11.3 Å². The van der Waals surface area contributed by atoms with Crippen LogP contribution in [0.2, 0.25) is 0 Å². The molecule has 2 aliphatic heterocycles. The van der Waals surface area contributed by atoms with E-state index in [4.69, 9.17) is 4.74 Å². The predicted octanol–water partition coefficient (Wildman–Crippen LogP) is 14.6. The molecule has 1 aliphatic carbocycles. The number of hydrogen-bond acceptors (Lipinski definition) is 4. The van der Waals surface area contributed by atoms with Crippen LogP contribution in [0.5, 0.6) is 11.5 Å². The van der Waals surface area contributed by atoms with Gasteiger partial charge in [-0.25, -0.2) is 0 Å². The van der Waals surface area contributed by atoms with Gasteiger partial charge in [-0.15, -0.1) is 11.3 Å². The second kappa shape index (κ2) is 13.7. The Balaban J connectivity index is 1.30. The molecule has 0 N–H and O–H groups in total. The Bertz CT molecular complexity index is 3120. The molecule has 0 amide bonds. The van der Waals surface area contributed by atoms with Gasteiger partial charge in [0.25, 0.3) is 6.71 Å². The van der Waals surface area contributed by atoms with Crippen LogP contribution in [0, 0.1) is 20.8 Å². The topological polar surface area (TPSA) is 15.7 Å². The van der Waals surface area contributed by atoms with E-state index in [1.165, 1.54) is 92.9 Å². The normalized spacial score (nSPS) is 14.5. The van der Waals surface area contributed by atoms with Crippen molar-refractivity contribution >= 4 is 78.0 Å². The van der Waals surface area contributed by atoms with Crippen LogP contribution in [0.15, 0.2) is 133 Å². The zero-order valence-electron chi connectivity index (χ0n) is 38.5. The van der Waals surface area contributed by atoms with Crippen molar-refractivity contribution in [2.24, 2.45) is 0 Å². The quantitative estimate of drug-likeness (QED) is 0.164. The van der Waals surface area contributed by atoms with Gasteiger partial charge in [-0.05, 0) is 148 Å². The molecule has 0 fully saturated rings. The van der Waals surface area contributed by atoms with Gasteiger partial charge in [0.05, 0.1) is 5.69 Å². The highest BCUT2D eigenvalue weighted by atomic mass is 32.1. The van der Waals surface area contributed by atoms with E-state index in [9.17, 15) is 0 Å². The lowest BCUT2D eigenvalue weighted by atomic mass is 9.35. The third-order valence-corrected chi connectivity index (χ3v) is 15.2. The lowest BCUT2D eigenvalue weighted by molar-refractivity contribution is 0.494. The molecule has 63 heavy (non-hydrogen) atoms. The van der Waals surface area contributed by atoms with Crippen LogP contribution in [0.3, 0.4) is 0 Å². The Labute approximate surface area is 378 Å². The smallest absolute Gasteiger partial charge is 0.269 e. The highest BCUT2D eigenvalue weighted by Crippen LogP contribution is 2.57. The fraction of sp³-hybridized carbons (Fsp3) is 0.241. The summed E-state index contributed by atoms with van der Waals surface area (Å²) in [5.41, 5.74) is 21.0. The third kappa shape index (κ3) is 6.06. The molecule has 3 aliphatic rings. The van der Waals surface area contributed by atoms with Gasteiger partial charge in [0.2, 0.25) is 0 Å². The fourth-order valence-electron chi connectivity index (χ4n) is 10.6. The maximum atomic E-state index is 7.29. The van der Waals surface area contributed by atoms with Crippen LogP contribution in [0.1, 0.15) is 94.3 Å². The van der Waals surface area contributed by atoms with E-state index in [0.29, 0.717) is 0 Å². The average molecular weight is 839 g/mol. The van der Waals surface area contributed by atoms with Crippen LogP contribution >= 0.6 is 11.3 Å². The molecule has 0 unspecified atom stereocenters. The Morgan fingerprint density at radius 2 is 1.22 bits per heavy atom. The molecule has 0 spiro atoms. The van der Waals surface area contributed by atoms with E-state index in [1.54, 1.807) is 0 Å². The lowest BCUT2D eigenvalue weighted by Gasteiger charge is -2.42. The Hall–Kier alpha value is -6.04. The number of thiophene rings is 1. The molecule has 0 radical (unpaired) electrons. The van der Waals surface area contributed by atoms with E-state index in [2.05, 4.69) is 219 Å². The molecule has 0 atom stereocenters. The van der Waals surface area contributed by atoms with Gasteiger partial charge in [-0.1, -0.05) is 133 Å². The summed E-state index contributed by atoms with van der Waals surface area (Å²) in [4.78, 5) is 5.08. The van der Waals surface area contributed by atoms with Crippen LogP contribution in [-0.2, 0) is 16.2 Å². The number of ether oxygens (including phenoxy) is 1. The first-order valence-electron chi connectivity index (χ1n) is 22.5. The minimum atomic E-state index is -0.310. The summed E-state index contributed by atoms with van der Waals surface area (Å²) < 4.78 is 9.84.